The molecule has 9 atom stereocenters. The van der Waals surface area contributed by atoms with Crippen LogP contribution in [0.15, 0.2) is 36.7 Å². The first-order valence-electron chi connectivity index (χ1n) is 19.1. The van der Waals surface area contributed by atoms with Crippen molar-refractivity contribution in [1.82, 2.24) is 10.3 Å². The predicted octanol–water partition coefficient (Wildman–Crippen LogP) is 5.24. The smallest absolute Gasteiger partial charge is 0.201 e. The van der Waals surface area contributed by atoms with Crippen LogP contribution >= 0.6 is 0 Å². The molecule has 9 N–H and O–H groups in total. The van der Waals surface area contributed by atoms with E-state index in [1.807, 2.05) is 25.4 Å². The van der Waals surface area contributed by atoms with Gasteiger partial charge in [0.2, 0.25) is 5.75 Å². The van der Waals surface area contributed by atoms with E-state index < -0.39 is 36.4 Å². The lowest BCUT2D eigenvalue weighted by Crippen LogP contribution is -2.44. The molecule has 2 aliphatic carbocycles. The van der Waals surface area contributed by atoms with E-state index in [1.54, 1.807) is 12.3 Å². The quantitative estimate of drug-likeness (QED) is 0.0996. The number of aromatic hydroxyl groups is 3. The maximum Gasteiger partial charge on any atom is 0.201 e. The molecule has 1 aliphatic heterocycles. The highest BCUT2D eigenvalue weighted by Gasteiger charge is 2.45. The van der Waals surface area contributed by atoms with Crippen LogP contribution in [0.3, 0.4) is 0 Å². The summed E-state index contributed by atoms with van der Waals surface area (Å²) in [4.78, 5) is 3.05. The largest absolute Gasteiger partial charge is 0.508 e. The number of aromatic amines is 1. The van der Waals surface area contributed by atoms with E-state index in [0.29, 0.717) is 42.7 Å². The number of hydrogen-bond donors (Lipinski definition) is 9. The van der Waals surface area contributed by atoms with Crippen molar-refractivity contribution in [3.8, 4) is 23.0 Å². The lowest BCUT2D eigenvalue weighted by molar-refractivity contribution is -0.154. The van der Waals surface area contributed by atoms with Gasteiger partial charge in [-0.25, -0.2) is 0 Å². The Morgan fingerprint density at radius 1 is 1.00 bits per heavy atom. The first-order valence-corrected chi connectivity index (χ1v) is 19.1. The minimum Gasteiger partial charge on any atom is -0.508 e. The zero-order valence-electron chi connectivity index (χ0n) is 30.5. The Balaban J connectivity index is 1.29. The number of methoxy groups -OCH3 is 1. The molecule has 1 saturated heterocycles. The Bertz CT molecular complexity index is 1610. The number of ether oxygens (including phenoxy) is 2. The van der Waals surface area contributed by atoms with Crippen molar-refractivity contribution >= 4 is 0 Å². The number of hydrogen-bond acceptors (Lipinski definition) is 10. The molecule has 52 heavy (non-hydrogen) atoms. The van der Waals surface area contributed by atoms with Gasteiger partial charge in [0.05, 0.1) is 38.1 Å². The minimum atomic E-state index is -0.674. The van der Waals surface area contributed by atoms with Crippen molar-refractivity contribution in [2.24, 2.45) is 17.8 Å². The van der Waals surface area contributed by atoms with Crippen LogP contribution in [0.2, 0.25) is 0 Å². The molecule has 3 fully saturated rings. The average molecular weight is 723 g/mol. The van der Waals surface area contributed by atoms with Crippen LogP contribution in [0.5, 0.6) is 23.0 Å². The van der Waals surface area contributed by atoms with Gasteiger partial charge in [-0.15, -0.1) is 0 Å². The van der Waals surface area contributed by atoms with Crippen molar-refractivity contribution in [2.75, 3.05) is 27.3 Å². The molecule has 11 heteroatoms. The van der Waals surface area contributed by atoms with Crippen molar-refractivity contribution in [2.45, 2.75) is 113 Å². The molecule has 3 aliphatic rings. The molecule has 2 saturated carbocycles. The van der Waals surface area contributed by atoms with Crippen LogP contribution in [-0.2, 0) is 17.8 Å². The first kappa shape index (κ1) is 38.4. The van der Waals surface area contributed by atoms with Gasteiger partial charge in [0.15, 0.2) is 11.5 Å². The third kappa shape index (κ3) is 7.95. The highest BCUT2D eigenvalue weighted by Crippen LogP contribution is 2.53. The summed E-state index contributed by atoms with van der Waals surface area (Å²) in [7, 11) is 3.39. The highest BCUT2D eigenvalue weighted by atomic mass is 16.5. The van der Waals surface area contributed by atoms with E-state index in [0.717, 1.165) is 61.8 Å². The van der Waals surface area contributed by atoms with Gasteiger partial charge in [0.1, 0.15) is 5.75 Å². The second-order valence-electron chi connectivity index (χ2n) is 15.4. The average Bonchev–Trinajstić information content (AvgIpc) is 3.67. The summed E-state index contributed by atoms with van der Waals surface area (Å²) in [5.74, 6) is -0.0566. The van der Waals surface area contributed by atoms with Gasteiger partial charge >= 0.3 is 0 Å². The van der Waals surface area contributed by atoms with Crippen LogP contribution in [0.25, 0.3) is 0 Å². The molecular formula is C41H58N2O9. The van der Waals surface area contributed by atoms with Gasteiger partial charge in [0.25, 0.3) is 0 Å². The minimum absolute atomic E-state index is 0.00763. The maximum absolute atomic E-state index is 11.6. The van der Waals surface area contributed by atoms with E-state index in [4.69, 9.17) is 9.47 Å². The zero-order chi connectivity index (χ0) is 36.9. The van der Waals surface area contributed by atoms with Crippen LogP contribution in [0, 0.1) is 17.8 Å². The monoisotopic (exact) mass is 722 g/mol. The molecule has 0 amide bonds. The standard InChI is InChI=1S/C41H58N2O9/c1-42-13-11-23-5-8-27(33(46)4-3-15-44)29(16-23)30-18-25(7-10-34(30)47)26-6-9-28-35(48)20-37(52-36(28)19-26)38-31(17-24-12-14-43-21-24)41(51-2)40(50)39(49)32(38)22-45/h7,10,12,14,18,21,23,26-29,33,35-37,42-50H,3-6,8-9,11,13,15-17,19-20,22H2,1-2H3/t23-,26-,27-,28+,29+,33+,35-,36-,37-/m0/s1. The molecule has 1 aromatic heterocycles. The van der Waals surface area contributed by atoms with Crippen molar-refractivity contribution in [3.05, 3.63) is 70.0 Å². The van der Waals surface area contributed by atoms with Crippen molar-refractivity contribution in [1.29, 1.82) is 0 Å². The van der Waals surface area contributed by atoms with Gasteiger partial charge in [-0.2, -0.15) is 0 Å². The zero-order valence-corrected chi connectivity index (χ0v) is 30.5. The number of phenols is 3. The van der Waals surface area contributed by atoms with Gasteiger partial charge < -0.3 is 55.5 Å². The summed E-state index contributed by atoms with van der Waals surface area (Å²) in [6.07, 6.45) is 9.18. The molecule has 2 aromatic carbocycles. The number of aliphatic hydroxyl groups is 4. The Morgan fingerprint density at radius 2 is 1.83 bits per heavy atom. The molecule has 0 spiro atoms. The van der Waals surface area contributed by atoms with E-state index in [9.17, 15) is 35.7 Å². The molecule has 0 radical (unpaired) electrons. The first-order chi connectivity index (χ1) is 25.2. The number of phenolic OH excluding ortho intramolecular Hbond substituents is 2. The molecule has 2 heterocycles. The lowest BCUT2D eigenvalue weighted by Gasteiger charge is -2.46. The lowest BCUT2D eigenvalue weighted by atomic mass is 9.66. The third-order valence-electron chi connectivity index (χ3n) is 12.4. The Hall–Kier alpha value is -3.32. The molecule has 0 bridgehead atoms. The van der Waals surface area contributed by atoms with Gasteiger partial charge in [-0.05, 0) is 129 Å². The summed E-state index contributed by atoms with van der Waals surface area (Å²) in [6.45, 7) is 0.426. The summed E-state index contributed by atoms with van der Waals surface area (Å²) in [6, 6.07) is 7.82. The Morgan fingerprint density at radius 3 is 2.54 bits per heavy atom. The molecule has 6 rings (SSSR count). The summed E-state index contributed by atoms with van der Waals surface area (Å²) in [5.41, 5.74) is 4.16. The second kappa shape index (κ2) is 17.2. The number of benzene rings is 2. The molecule has 0 unspecified atom stereocenters. The van der Waals surface area contributed by atoms with Gasteiger partial charge in [-0.3, -0.25) is 0 Å². The number of aliphatic hydroxyl groups excluding tert-OH is 4. The van der Waals surface area contributed by atoms with Crippen LogP contribution in [-0.4, -0.2) is 86.4 Å². The molecule has 286 valence electrons. The van der Waals surface area contributed by atoms with Crippen LogP contribution in [0.4, 0.5) is 0 Å². The highest BCUT2D eigenvalue weighted by molar-refractivity contribution is 5.64. The maximum atomic E-state index is 11.6. The summed E-state index contributed by atoms with van der Waals surface area (Å²) < 4.78 is 12.5. The number of nitrogens with one attached hydrogen (secondary N) is 2. The van der Waals surface area contributed by atoms with E-state index in [-0.39, 0.29) is 59.9 Å². The number of rotatable bonds is 14. The van der Waals surface area contributed by atoms with Crippen molar-refractivity contribution < 1.29 is 45.2 Å². The van der Waals surface area contributed by atoms with Gasteiger partial charge in [-0.1, -0.05) is 12.1 Å². The SMILES string of the molecule is CNCC[C@@H]1CC[C@H]([C@H](O)CCCO)[C@H](c2cc([C@H]3CC[C@H]4[C@H](C3)O[C@H](c3c(CO)c(O)c(O)c(OC)c3Cc3cc[nH]c3)C[C@@H]4O)ccc2O)C1. The predicted molar refractivity (Wildman–Crippen MR) is 197 cm³/mol. The fourth-order valence-corrected chi connectivity index (χ4v) is 9.69. The van der Waals surface area contributed by atoms with E-state index in [2.05, 4.69) is 16.4 Å². The van der Waals surface area contributed by atoms with Gasteiger partial charge in [0, 0.05) is 48.9 Å². The molecule has 3 aromatic rings. The van der Waals surface area contributed by atoms with Crippen LogP contribution in [0.1, 0.15) is 116 Å². The fourth-order valence-electron chi connectivity index (χ4n) is 9.69. The van der Waals surface area contributed by atoms with Crippen molar-refractivity contribution in [3.63, 3.8) is 0 Å². The molecule has 11 nitrogen and oxygen atoms in total. The van der Waals surface area contributed by atoms with Crippen LogP contribution < -0.4 is 10.1 Å². The van der Waals surface area contributed by atoms with E-state index in [1.165, 1.54) is 7.11 Å². The molecular weight excluding hydrogens is 664 g/mol. The van der Waals surface area contributed by atoms with E-state index >= 15 is 0 Å². The summed E-state index contributed by atoms with van der Waals surface area (Å²) in [5, 5.41) is 79.2. The summed E-state index contributed by atoms with van der Waals surface area (Å²) >= 11 is 0. The number of fused-ring (bicyclic) bond motifs is 1. The number of H-pyrrole nitrogens is 1. The normalized spacial score (nSPS) is 28.3. The second-order valence-corrected chi connectivity index (χ2v) is 15.4. The fraction of sp³-hybridized carbons (Fsp3) is 0.610. The third-order valence-corrected chi connectivity index (χ3v) is 12.4. The Labute approximate surface area is 306 Å². The topological polar surface area (TPSA) is 188 Å². The number of aromatic nitrogens is 1. The Kier molecular flexibility index (Phi) is 12.7.